The number of aryl methyl sites for hydroxylation is 1. The third-order valence-electron chi connectivity index (χ3n) is 4.28. The van der Waals surface area contributed by atoms with Crippen molar-refractivity contribution < 1.29 is 0 Å². The standard InChI is InChI=1S/C19H27Br/c1-2-3-4-5-6-7-8-9-11-17-15-14-16-12-10-13-18(16)19(17)20/h10,12,14-15H,2-9,11,13H2,1H3. The summed E-state index contributed by atoms with van der Waals surface area (Å²) in [7, 11) is 0. The fourth-order valence-electron chi connectivity index (χ4n) is 2.99. The summed E-state index contributed by atoms with van der Waals surface area (Å²) >= 11 is 3.80. The lowest BCUT2D eigenvalue weighted by Gasteiger charge is -2.09. The van der Waals surface area contributed by atoms with Crippen LogP contribution in [0.15, 0.2) is 22.7 Å². The van der Waals surface area contributed by atoms with Crippen molar-refractivity contribution in [1.29, 1.82) is 0 Å². The lowest BCUT2D eigenvalue weighted by atomic mass is 10.0. The summed E-state index contributed by atoms with van der Waals surface area (Å²) < 4.78 is 1.36. The van der Waals surface area contributed by atoms with Gasteiger partial charge >= 0.3 is 0 Å². The van der Waals surface area contributed by atoms with Crippen LogP contribution in [0, 0.1) is 0 Å². The predicted molar refractivity (Wildman–Crippen MR) is 93.2 cm³/mol. The molecule has 0 fully saturated rings. The van der Waals surface area contributed by atoms with Crippen molar-refractivity contribution in [3.63, 3.8) is 0 Å². The van der Waals surface area contributed by atoms with Crippen LogP contribution in [0.4, 0.5) is 0 Å². The molecule has 0 bridgehead atoms. The maximum Gasteiger partial charge on any atom is 0.0248 e. The van der Waals surface area contributed by atoms with Gasteiger partial charge in [-0.15, -0.1) is 0 Å². The van der Waals surface area contributed by atoms with Crippen LogP contribution < -0.4 is 0 Å². The molecule has 2 rings (SSSR count). The van der Waals surface area contributed by atoms with Gasteiger partial charge in [-0.2, -0.15) is 0 Å². The monoisotopic (exact) mass is 334 g/mol. The van der Waals surface area contributed by atoms with E-state index in [-0.39, 0.29) is 0 Å². The molecule has 0 amide bonds. The molecule has 1 heteroatoms. The van der Waals surface area contributed by atoms with E-state index in [2.05, 4.69) is 47.1 Å². The number of hydrogen-bond acceptors (Lipinski definition) is 0. The Morgan fingerprint density at radius 2 is 1.65 bits per heavy atom. The Kier molecular flexibility index (Phi) is 6.86. The van der Waals surface area contributed by atoms with Gasteiger partial charge in [-0.1, -0.05) is 92.1 Å². The summed E-state index contributed by atoms with van der Waals surface area (Å²) in [6, 6.07) is 4.59. The average Bonchev–Trinajstić information content (AvgIpc) is 2.93. The molecule has 0 radical (unpaired) electrons. The van der Waals surface area contributed by atoms with E-state index >= 15 is 0 Å². The van der Waals surface area contributed by atoms with Gasteiger partial charge in [0.2, 0.25) is 0 Å². The van der Waals surface area contributed by atoms with Crippen LogP contribution in [0.25, 0.3) is 6.08 Å². The molecule has 0 saturated heterocycles. The second kappa shape index (κ2) is 8.67. The zero-order valence-electron chi connectivity index (χ0n) is 12.8. The number of hydrogen-bond donors (Lipinski definition) is 0. The topological polar surface area (TPSA) is 0 Å². The molecule has 0 spiro atoms. The third kappa shape index (κ3) is 4.48. The molecule has 1 aliphatic carbocycles. The zero-order chi connectivity index (χ0) is 14.2. The molecular formula is C19H27Br. The Bertz CT molecular complexity index is 445. The van der Waals surface area contributed by atoms with Crippen LogP contribution in [0.1, 0.15) is 75.0 Å². The molecule has 0 unspecified atom stereocenters. The minimum atomic E-state index is 1.10. The number of fused-ring (bicyclic) bond motifs is 1. The van der Waals surface area contributed by atoms with Gasteiger partial charge in [-0.25, -0.2) is 0 Å². The Morgan fingerprint density at radius 1 is 0.950 bits per heavy atom. The molecule has 0 aliphatic heterocycles. The van der Waals surface area contributed by atoms with Gasteiger partial charge in [0, 0.05) is 4.47 Å². The first-order valence-electron chi connectivity index (χ1n) is 8.29. The molecule has 0 saturated carbocycles. The maximum atomic E-state index is 3.80. The number of benzene rings is 1. The fourth-order valence-corrected chi connectivity index (χ4v) is 3.72. The number of rotatable bonds is 9. The second-order valence-corrected chi connectivity index (χ2v) is 6.73. The molecule has 0 N–H and O–H groups in total. The SMILES string of the molecule is CCCCCCCCCCc1ccc2c(c1Br)CC=C2. The van der Waals surface area contributed by atoms with Crippen LogP contribution in [0.5, 0.6) is 0 Å². The van der Waals surface area contributed by atoms with Gasteiger partial charge < -0.3 is 0 Å². The van der Waals surface area contributed by atoms with E-state index in [1.807, 2.05) is 0 Å². The first kappa shape index (κ1) is 15.8. The third-order valence-corrected chi connectivity index (χ3v) is 5.27. The summed E-state index contributed by atoms with van der Waals surface area (Å²) in [5.74, 6) is 0. The Hall–Kier alpha value is -0.560. The normalized spacial score (nSPS) is 12.9. The molecule has 0 aromatic heterocycles. The van der Waals surface area contributed by atoms with Crippen LogP contribution in [0.2, 0.25) is 0 Å². The zero-order valence-corrected chi connectivity index (χ0v) is 14.3. The molecule has 1 aromatic carbocycles. The van der Waals surface area contributed by atoms with Crippen LogP contribution in [-0.2, 0) is 12.8 Å². The molecule has 1 aliphatic rings. The van der Waals surface area contributed by atoms with Crippen LogP contribution in [-0.4, -0.2) is 0 Å². The van der Waals surface area contributed by atoms with Gasteiger partial charge in [0.15, 0.2) is 0 Å². The number of unbranched alkanes of at least 4 members (excludes halogenated alkanes) is 7. The first-order chi connectivity index (χ1) is 9.83. The summed E-state index contributed by atoms with van der Waals surface area (Å²) in [4.78, 5) is 0. The minimum absolute atomic E-state index is 1.10. The Balaban J connectivity index is 1.65. The summed E-state index contributed by atoms with van der Waals surface area (Å²) in [6.45, 7) is 2.28. The fraction of sp³-hybridized carbons (Fsp3) is 0.579. The molecule has 110 valence electrons. The summed E-state index contributed by atoms with van der Waals surface area (Å²) in [5, 5.41) is 0. The lowest BCUT2D eigenvalue weighted by Crippen LogP contribution is -1.93. The predicted octanol–water partition coefficient (Wildman–Crippen LogP) is 6.70. The minimum Gasteiger partial charge on any atom is -0.0795 e. The molecule has 0 atom stereocenters. The lowest BCUT2D eigenvalue weighted by molar-refractivity contribution is 0.575. The van der Waals surface area contributed by atoms with Gasteiger partial charge in [0.05, 0.1) is 0 Å². The largest absolute Gasteiger partial charge is 0.0795 e. The van der Waals surface area contributed by atoms with Crippen molar-refractivity contribution in [2.45, 2.75) is 71.1 Å². The van der Waals surface area contributed by atoms with Crippen molar-refractivity contribution in [2.24, 2.45) is 0 Å². The molecule has 20 heavy (non-hydrogen) atoms. The van der Waals surface area contributed by atoms with Gasteiger partial charge in [-0.3, -0.25) is 0 Å². The Morgan fingerprint density at radius 3 is 2.40 bits per heavy atom. The molecule has 0 nitrogen and oxygen atoms in total. The number of allylic oxidation sites excluding steroid dienone is 1. The van der Waals surface area contributed by atoms with E-state index in [1.165, 1.54) is 79.0 Å². The van der Waals surface area contributed by atoms with Crippen molar-refractivity contribution in [3.8, 4) is 0 Å². The highest BCUT2D eigenvalue weighted by atomic mass is 79.9. The highest BCUT2D eigenvalue weighted by molar-refractivity contribution is 9.10. The van der Waals surface area contributed by atoms with E-state index in [4.69, 9.17) is 0 Å². The number of halogens is 1. The second-order valence-electron chi connectivity index (χ2n) is 5.94. The van der Waals surface area contributed by atoms with Crippen LogP contribution >= 0.6 is 15.9 Å². The van der Waals surface area contributed by atoms with Gasteiger partial charge in [0.25, 0.3) is 0 Å². The smallest absolute Gasteiger partial charge is 0.0248 e. The molecule has 0 heterocycles. The van der Waals surface area contributed by atoms with Gasteiger partial charge in [-0.05, 0) is 36.0 Å². The highest BCUT2D eigenvalue weighted by Crippen LogP contribution is 2.31. The molecule has 1 aromatic rings. The van der Waals surface area contributed by atoms with Crippen LogP contribution in [0.3, 0.4) is 0 Å². The van der Waals surface area contributed by atoms with Crippen molar-refractivity contribution in [1.82, 2.24) is 0 Å². The first-order valence-corrected chi connectivity index (χ1v) is 9.09. The van der Waals surface area contributed by atoms with E-state index in [1.54, 1.807) is 0 Å². The van der Waals surface area contributed by atoms with E-state index < -0.39 is 0 Å². The van der Waals surface area contributed by atoms with Gasteiger partial charge in [0.1, 0.15) is 0 Å². The summed E-state index contributed by atoms with van der Waals surface area (Å²) in [6.07, 6.45) is 18.0. The van der Waals surface area contributed by atoms with E-state index in [9.17, 15) is 0 Å². The van der Waals surface area contributed by atoms with Crippen molar-refractivity contribution in [3.05, 3.63) is 39.4 Å². The maximum absolute atomic E-state index is 3.80. The average molecular weight is 335 g/mol. The molecular weight excluding hydrogens is 308 g/mol. The van der Waals surface area contributed by atoms with Crippen molar-refractivity contribution in [2.75, 3.05) is 0 Å². The van der Waals surface area contributed by atoms with E-state index in [0.29, 0.717) is 0 Å². The van der Waals surface area contributed by atoms with Crippen molar-refractivity contribution >= 4 is 22.0 Å². The quantitative estimate of drug-likeness (QED) is 0.440. The van der Waals surface area contributed by atoms with E-state index in [0.717, 1.165) is 6.42 Å². The summed E-state index contributed by atoms with van der Waals surface area (Å²) in [5.41, 5.74) is 4.39. The Labute approximate surface area is 132 Å². The highest BCUT2D eigenvalue weighted by Gasteiger charge is 2.11.